The highest BCUT2D eigenvalue weighted by molar-refractivity contribution is 5.83. The lowest BCUT2D eigenvalue weighted by atomic mass is 9.79. The fourth-order valence-electron chi connectivity index (χ4n) is 3.36. The van der Waals surface area contributed by atoms with Gasteiger partial charge in [-0.15, -0.1) is 0 Å². The van der Waals surface area contributed by atoms with Crippen molar-refractivity contribution in [2.24, 2.45) is 5.41 Å². The van der Waals surface area contributed by atoms with Crippen molar-refractivity contribution in [3.63, 3.8) is 0 Å². The molecule has 2 aliphatic rings. The van der Waals surface area contributed by atoms with E-state index in [2.05, 4.69) is 0 Å². The number of fused-ring (bicyclic) bond motifs is 1. The number of benzene rings is 1. The molecule has 20 heavy (non-hydrogen) atoms. The molecule has 1 amide bonds. The topological polar surface area (TPSA) is 49.9 Å². The molecule has 2 atom stereocenters. The summed E-state index contributed by atoms with van der Waals surface area (Å²) in [4.78, 5) is 24.2. The van der Waals surface area contributed by atoms with Gasteiger partial charge in [0.25, 0.3) is 0 Å². The Morgan fingerprint density at radius 1 is 1.35 bits per heavy atom. The number of ether oxygens (including phenoxy) is 1. The first-order valence-corrected chi connectivity index (χ1v) is 6.78. The Morgan fingerprint density at radius 3 is 2.70 bits per heavy atom. The van der Waals surface area contributed by atoms with Crippen LogP contribution in [-0.2, 0) is 14.3 Å². The van der Waals surface area contributed by atoms with E-state index in [-0.39, 0.29) is 17.9 Å². The van der Waals surface area contributed by atoms with E-state index >= 15 is 0 Å². The van der Waals surface area contributed by atoms with Crippen molar-refractivity contribution in [2.45, 2.75) is 19.4 Å². The second kappa shape index (κ2) is 4.59. The third-order valence-corrected chi connectivity index (χ3v) is 4.30. The smallest absolute Gasteiger partial charge is 0.315 e. The van der Waals surface area contributed by atoms with Gasteiger partial charge in [-0.3, -0.25) is 14.6 Å². The zero-order valence-corrected chi connectivity index (χ0v) is 11.7. The number of rotatable bonds is 2. The molecular formula is C15H18N2O3. The summed E-state index contributed by atoms with van der Waals surface area (Å²) in [6.07, 6.45) is 0.514. The normalized spacial score (nSPS) is 29.6. The number of nitrogens with zero attached hydrogens (tertiary/aromatic N) is 2. The van der Waals surface area contributed by atoms with E-state index in [0.717, 1.165) is 5.56 Å². The highest BCUT2D eigenvalue weighted by Crippen LogP contribution is 2.48. The molecule has 5 nitrogen and oxygen atoms in total. The largest absolute Gasteiger partial charge is 0.468 e. The van der Waals surface area contributed by atoms with Gasteiger partial charge < -0.3 is 4.74 Å². The SMILES string of the molecule is COC(=O)C1(C)CN2C(=O)CCN2C1c1ccccc1. The van der Waals surface area contributed by atoms with Gasteiger partial charge in [-0.05, 0) is 12.5 Å². The number of hydrogen-bond acceptors (Lipinski definition) is 4. The molecule has 2 heterocycles. The van der Waals surface area contributed by atoms with Crippen molar-refractivity contribution in [3.05, 3.63) is 35.9 Å². The Labute approximate surface area is 118 Å². The summed E-state index contributed by atoms with van der Waals surface area (Å²) in [6, 6.07) is 9.70. The number of carbonyl (C=O) groups excluding carboxylic acids is 2. The average Bonchev–Trinajstić information content (AvgIpc) is 2.96. The van der Waals surface area contributed by atoms with Crippen LogP contribution in [0.1, 0.15) is 24.9 Å². The molecule has 0 N–H and O–H groups in total. The van der Waals surface area contributed by atoms with Crippen LogP contribution in [0, 0.1) is 5.41 Å². The first kappa shape index (κ1) is 13.1. The first-order chi connectivity index (χ1) is 9.58. The van der Waals surface area contributed by atoms with Crippen molar-refractivity contribution >= 4 is 11.9 Å². The summed E-state index contributed by atoms with van der Waals surface area (Å²) in [5.41, 5.74) is 0.309. The Hall–Kier alpha value is -1.88. The summed E-state index contributed by atoms with van der Waals surface area (Å²) < 4.78 is 4.99. The van der Waals surface area contributed by atoms with E-state index in [1.54, 1.807) is 5.01 Å². The minimum Gasteiger partial charge on any atom is -0.468 e. The van der Waals surface area contributed by atoms with Gasteiger partial charge in [0, 0.05) is 13.0 Å². The van der Waals surface area contributed by atoms with E-state index in [1.165, 1.54) is 7.11 Å². The number of esters is 1. The van der Waals surface area contributed by atoms with Crippen LogP contribution in [0.15, 0.2) is 30.3 Å². The van der Waals surface area contributed by atoms with Crippen LogP contribution in [0.4, 0.5) is 0 Å². The summed E-state index contributed by atoms with van der Waals surface area (Å²) in [7, 11) is 1.40. The van der Waals surface area contributed by atoms with Crippen LogP contribution >= 0.6 is 0 Å². The summed E-state index contributed by atoms with van der Waals surface area (Å²) in [5.74, 6) is -0.188. The third-order valence-electron chi connectivity index (χ3n) is 4.30. The maximum atomic E-state index is 12.3. The fourth-order valence-corrected chi connectivity index (χ4v) is 3.36. The lowest BCUT2D eigenvalue weighted by Crippen LogP contribution is -2.38. The molecule has 2 unspecified atom stereocenters. The van der Waals surface area contributed by atoms with Gasteiger partial charge in [-0.25, -0.2) is 5.01 Å². The molecule has 0 spiro atoms. The maximum Gasteiger partial charge on any atom is 0.315 e. The molecule has 1 aromatic carbocycles. The van der Waals surface area contributed by atoms with Gasteiger partial charge in [0.2, 0.25) is 5.91 Å². The molecule has 2 aliphatic heterocycles. The zero-order chi connectivity index (χ0) is 14.3. The number of methoxy groups -OCH3 is 1. The number of amides is 1. The van der Waals surface area contributed by atoms with Crippen LogP contribution in [0.25, 0.3) is 0 Å². The Kier molecular flexibility index (Phi) is 3.01. The standard InChI is InChI=1S/C15H18N2O3/c1-15(14(19)20-2)10-17-12(18)8-9-16(17)13(15)11-6-4-3-5-7-11/h3-7,13H,8-10H2,1-2H3. The molecule has 0 aliphatic carbocycles. The van der Waals surface area contributed by atoms with Crippen molar-refractivity contribution < 1.29 is 14.3 Å². The molecule has 3 rings (SSSR count). The summed E-state index contributed by atoms with van der Waals surface area (Å²) in [6.45, 7) is 2.92. The van der Waals surface area contributed by atoms with Crippen LogP contribution in [0.3, 0.4) is 0 Å². The summed E-state index contributed by atoms with van der Waals surface area (Å²) >= 11 is 0. The Morgan fingerprint density at radius 2 is 2.05 bits per heavy atom. The lowest BCUT2D eigenvalue weighted by molar-refractivity contribution is -0.152. The highest BCUT2D eigenvalue weighted by atomic mass is 16.5. The molecule has 106 valence electrons. The highest BCUT2D eigenvalue weighted by Gasteiger charge is 2.57. The lowest BCUT2D eigenvalue weighted by Gasteiger charge is -2.31. The van der Waals surface area contributed by atoms with Crippen molar-refractivity contribution in [1.82, 2.24) is 10.0 Å². The van der Waals surface area contributed by atoms with Gasteiger partial charge in [0.05, 0.1) is 19.7 Å². The van der Waals surface area contributed by atoms with Gasteiger partial charge >= 0.3 is 5.97 Å². The second-order valence-corrected chi connectivity index (χ2v) is 5.59. The molecule has 0 radical (unpaired) electrons. The van der Waals surface area contributed by atoms with E-state index in [0.29, 0.717) is 19.5 Å². The van der Waals surface area contributed by atoms with Crippen molar-refractivity contribution in [2.75, 3.05) is 20.2 Å². The predicted octanol–water partition coefficient (Wildman–Crippen LogP) is 1.37. The van der Waals surface area contributed by atoms with Crippen LogP contribution in [0.2, 0.25) is 0 Å². The minimum atomic E-state index is -0.730. The van der Waals surface area contributed by atoms with Gasteiger partial charge in [-0.2, -0.15) is 0 Å². The van der Waals surface area contributed by atoms with E-state index in [4.69, 9.17) is 4.74 Å². The van der Waals surface area contributed by atoms with E-state index in [9.17, 15) is 9.59 Å². The monoisotopic (exact) mass is 274 g/mol. The first-order valence-electron chi connectivity index (χ1n) is 6.78. The molecule has 0 saturated carbocycles. The third kappa shape index (κ3) is 1.73. The summed E-state index contributed by atoms with van der Waals surface area (Å²) in [5, 5.41) is 3.71. The van der Waals surface area contributed by atoms with E-state index < -0.39 is 5.41 Å². The quantitative estimate of drug-likeness (QED) is 0.764. The van der Waals surface area contributed by atoms with Crippen LogP contribution in [-0.4, -0.2) is 42.1 Å². The van der Waals surface area contributed by atoms with Crippen LogP contribution in [0.5, 0.6) is 0 Å². The number of hydrazine groups is 1. The maximum absolute atomic E-state index is 12.3. The Balaban J connectivity index is 2.06. The average molecular weight is 274 g/mol. The van der Waals surface area contributed by atoms with E-state index in [1.807, 2.05) is 42.3 Å². The Bertz CT molecular complexity index is 545. The molecule has 2 saturated heterocycles. The molecule has 2 fully saturated rings. The molecule has 5 heteroatoms. The molecular weight excluding hydrogens is 256 g/mol. The number of hydrogen-bond donors (Lipinski definition) is 0. The predicted molar refractivity (Wildman–Crippen MR) is 72.3 cm³/mol. The zero-order valence-electron chi connectivity index (χ0n) is 11.7. The van der Waals surface area contributed by atoms with Crippen molar-refractivity contribution in [1.29, 1.82) is 0 Å². The van der Waals surface area contributed by atoms with Gasteiger partial charge in [0.1, 0.15) is 5.41 Å². The van der Waals surface area contributed by atoms with Gasteiger partial charge in [0.15, 0.2) is 0 Å². The fraction of sp³-hybridized carbons (Fsp3) is 0.467. The molecule has 0 aromatic heterocycles. The van der Waals surface area contributed by atoms with Gasteiger partial charge in [-0.1, -0.05) is 30.3 Å². The van der Waals surface area contributed by atoms with Crippen molar-refractivity contribution in [3.8, 4) is 0 Å². The molecule has 0 bridgehead atoms. The number of carbonyl (C=O) groups is 2. The van der Waals surface area contributed by atoms with Crippen LogP contribution < -0.4 is 0 Å². The molecule has 1 aromatic rings. The minimum absolute atomic E-state index is 0.0820. The second-order valence-electron chi connectivity index (χ2n) is 5.59.